The fraction of sp³-hybridized carbons (Fsp3) is 0.653. The van der Waals surface area contributed by atoms with Gasteiger partial charge in [0.15, 0.2) is 39.6 Å². The SMILES string of the molecule is C=CCOC(=O)Nc1cc(OCCCOc2cc(N)c(C(=O)N3CC4(CC4)C[C@H]3CO[Si](C)(C)C(C)(C)C)cc2OC)c(OC)cc1C(=O)N1CC2(CC2)C[C@H]1CO[Si](C)(C)C(C)(C)C. The number of nitrogens with two attached hydrogens (primary N) is 1. The van der Waals surface area contributed by atoms with Gasteiger partial charge < -0.3 is 48.1 Å². The average molecular weight is 937 g/mol. The molecule has 2 spiro atoms. The fourth-order valence-electron chi connectivity index (χ4n) is 8.38. The summed E-state index contributed by atoms with van der Waals surface area (Å²) in [6, 6.07) is 6.42. The number of hydrogen-bond acceptors (Lipinski definition) is 11. The van der Waals surface area contributed by atoms with Crippen molar-refractivity contribution in [2.24, 2.45) is 10.8 Å². The Labute approximate surface area is 389 Å². The molecule has 2 aromatic rings. The summed E-state index contributed by atoms with van der Waals surface area (Å²) in [5.74, 6) is 1.13. The lowest BCUT2D eigenvalue weighted by atomic mass is 10.0. The summed E-state index contributed by atoms with van der Waals surface area (Å²) in [7, 11) is -1.04. The first-order chi connectivity index (χ1) is 30.4. The molecule has 16 heteroatoms. The summed E-state index contributed by atoms with van der Waals surface area (Å²) in [6.07, 6.45) is 7.39. The molecule has 360 valence electrons. The number of nitrogens with one attached hydrogen (secondary N) is 1. The monoisotopic (exact) mass is 937 g/mol. The molecule has 2 aliphatic heterocycles. The van der Waals surface area contributed by atoms with E-state index in [-0.39, 0.29) is 75.9 Å². The molecule has 2 heterocycles. The van der Waals surface area contributed by atoms with Crippen LogP contribution in [0.2, 0.25) is 36.3 Å². The van der Waals surface area contributed by atoms with E-state index in [1.165, 1.54) is 20.3 Å². The molecule has 0 radical (unpaired) electrons. The number of methoxy groups -OCH3 is 2. The van der Waals surface area contributed by atoms with Crippen LogP contribution in [0.25, 0.3) is 0 Å². The van der Waals surface area contributed by atoms with Crippen molar-refractivity contribution in [3.8, 4) is 23.0 Å². The minimum atomic E-state index is -2.08. The highest BCUT2D eigenvalue weighted by Gasteiger charge is 2.55. The zero-order chi connectivity index (χ0) is 47.8. The molecule has 14 nitrogen and oxygen atoms in total. The molecule has 3 N–H and O–H groups in total. The summed E-state index contributed by atoms with van der Waals surface area (Å²) in [5, 5.41) is 2.87. The van der Waals surface area contributed by atoms with E-state index in [1.807, 2.05) is 9.80 Å². The third-order valence-corrected chi connectivity index (χ3v) is 24.0. The number of carbonyl (C=O) groups is 3. The number of nitrogens with zero attached hydrogens (tertiary/aromatic N) is 2. The van der Waals surface area contributed by atoms with Crippen molar-refractivity contribution in [2.45, 2.75) is 135 Å². The van der Waals surface area contributed by atoms with Gasteiger partial charge in [0.2, 0.25) is 0 Å². The molecule has 3 amide bonds. The molecule has 2 aromatic carbocycles. The van der Waals surface area contributed by atoms with Crippen molar-refractivity contribution in [1.82, 2.24) is 9.80 Å². The average Bonchev–Trinajstić information content (AvgIpc) is 4.10. The largest absolute Gasteiger partial charge is 0.493 e. The van der Waals surface area contributed by atoms with Gasteiger partial charge in [0.1, 0.15) is 6.61 Å². The maximum Gasteiger partial charge on any atom is 0.411 e. The smallest absolute Gasteiger partial charge is 0.411 e. The van der Waals surface area contributed by atoms with E-state index in [0.29, 0.717) is 67.0 Å². The Hall–Kier alpha value is -4.26. The first-order valence-corrected chi connectivity index (χ1v) is 29.1. The second kappa shape index (κ2) is 19.2. The van der Waals surface area contributed by atoms with E-state index < -0.39 is 22.7 Å². The second-order valence-corrected chi connectivity index (χ2v) is 31.5. The van der Waals surface area contributed by atoms with E-state index in [0.717, 1.165) is 38.5 Å². The molecule has 4 aliphatic rings. The Morgan fingerprint density at radius 1 is 0.738 bits per heavy atom. The molecule has 2 saturated heterocycles. The number of hydrogen-bond donors (Lipinski definition) is 2. The van der Waals surface area contributed by atoms with Gasteiger partial charge in [-0.1, -0.05) is 54.2 Å². The standard InChI is InChI=1S/C49H76N4O10Si2/c1-14-20-61-45(56)51-38-26-42(40(58-9)24-36(38)44(55)53-32-49(18-19-49)28-34(53)30-63-65(12,13)47(5,6)7)60-22-15-21-59-41-25-37(50)35(23-39(41)57-8)43(54)52-31-48(16-17-48)27-33(52)29-62-64(10,11)46(2,3)4/h14,23-26,33-34H,1,15-22,27-32,50H2,2-13H3,(H,51,56)/t33-,34-/m0/s1. The molecular weight excluding hydrogens is 861 g/mol. The Kier molecular flexibility index (Phi) is 14.8. The van der Waals surface area contributed by atoms with Crippen LogP contribution < -0.4 is 30.0 Å². The molecule has 0 aromatic heterocycles. The number of benzene rings is 2. The van der Waals surface area contributed by atoms with Gasteiger partial charge in [-0.25, -0.2) is 4.79 Å². The maximum absolute atomic E-state index is 14.6. The van der Waals surface area contributed by atoms with Gasteiger partial charge in [-0.05, 0) is 97.8 Å². The van der Waals surface area contributed by atoms with Gasteiger partial charge >= 0.3 is 6.09 Å². The molecule has 65 heavy (non-hydrogen) atoms. The Balaban J connectivity index is 1.12. The summed E-state index contributed by atoms with van der Waals surface area (Å²) in [4.78, 5) is 45.6. The van der Waals surface area contributed by atoms with Crippen molar-refractivity contribution in [1.29, 1.82) is 0 Å². The van der Waals surface area contributed by atoms with E-state index in [4.69, 9.17) is 38.3 Å². The van der Waals surface area contributed by atoms with Crippen LogP contribution in [0.5, 0.6) is 23.0 Å². The van der Waals surface area contributed by atoms with Gasteiger partial charge in [0, 0.05) is 37.3 Å². The van der Waals surface area contributed by atoms with Crippen LogP contribution in [0.15, 0.2) is 36.9 Å². The third kappa shape index (κ3) is 11.5. The van der Waals surface area contributed by atoms with E-state index in [1.54, 1.807) is 24.3 Å². The van der Waals surface area contributed by atoms with Gasteiger partial charge in [-0.3, -0.25) is 14.9 Å². The summed E-state index contributed by atoms with van der Waals surface area (Å²) in [5.41, 5.74) is 8.06. The number of anilines is 2. The minimum absolute atomic E-state index is 0.00179. The van der Waals surface area contributed by atoms with E-state index in [2.05, 4.69) is 79.6 Å². The molecular formula is C49H76N4O10Si2. The van der Waals surface area contributed by atoms with Crippen molar-refractivity contribution >= 4 is 45.9 Å². The summed E-state index contributed by atoms with van der Waals surface area (Å²) in [6.45, 7) is 28.6. The first-order valence-electron chi connectivity index (χ1n) is 23.3. The maximum atomic E-state index is 14.6. The van der Waals surface area contributed by atoms with Gasteiger partial charge in [-0.15, -0.1) is 0 Å². The Bertz CT molecular complexity index is 2090. The molecule has 2 saturated carbocycles. The van der Waals surface area contributed by atoms with Crippen LogP contribution in [0.4, 0.5) is 16.2 Å². The lowest BCUT2D eigenvalue weighted by Crippen LogP contribution is -2.46. The highest BCUT2D eigenvalue weighted by atomic mass is 28.4. The Morgan fingerprint density at radius 2 is 1.18 bits per heavy atom. The number of carbonyl (C=O) groups excluding carboxylic acids is 3. The lowest BCUT2D eigenvalue weighted by Gasteiger charge is -2.38. The van der Waals surface area contributed by atoms with Crippen molar-refractivity contribution in [3.63, 3.8) is 0 Å². The van der Waals surface area contributed by atoms with Gasteiger partial charge in [-0.2, -0.15) is 0 Å². The predicted molar refractivity (Wildman–Crippen MR) is 260 cm³/mol. The molecule has 6 rings (SSSR count). The number of likely N-dealkylation sites (tertiary alicyclic amines) is 2. The topological polar surface area (TPSA) is 160 Å². The Morgan fingerprint density at radius 3 is 1.62 bits per heavy atom. The quantitative estimate of drug-likeness (QED) is 0.0597. The summed E-state index contributed by atoms with van der Waals surface area (Å²) < 4.78 is 42.4. The van der Waals surface area contributed by atoms with Gasteiger partial charge in [0.05, 0.1) is 69.5 Å². The van der Waals surface area contributed by atoms with E-state index >= 15 is 0 Å². The van der Waals surface area contributed by atoms with Crippen LogP contribution >= 0.6 is 0 Å². The van der Waals surface area contributed by atoms with E-state index in [9.17, 15) is 14.4 Å². The lowest BCUT2D eigenvalue weighted by molar-refractivity contribution is 0.0674. The molecule has 4 fully saturated rings. The zero-order valence-electron chi connectivity index (χ0n) is 41.2. The zero-order valence-corrected chi connectivity index (χ0v) is 43.2. The molecule has 2 aliphatic carbocycles. The number of rotatable bonds is 19. The van der Waals surface area contributed by atoms with Crippen LogP contribution in [-0.4, -0.2) is 117 Å². The van der Waals surface area contributed by atoms with Gasteiger partial charge in [0.25, 0.3) is 11.8 Å². The first kappa shape index (κ1) is 50.2. The molecule has 2 atom stereocenters. The molecule has 0 bridgehead atoms. The van der Waals surface area contributed by atoms with Crippen LogP contribution in [0.1, 0.15) is 107 Å². The number of amides is 3. The second-order valence-electron chi connectivity index (χ2n) is 21.9. The minimum Gasteiger partial charge on any atom is -0.493 e. The highest BCUT2D eigenvalue weighted by molar-refractivity contribution is 6.74. The van der Waals surface area contributed by atoms with Crippen LogP contribution in [-0.2, 0) is 13.6 Å². The normalized spacial score (nSPS) is 19.9. The van der Waals surface area contributed by atoms with Crippen molar-refractivity contribution < 1.29 is 46.9 Å². The highest BCUT2D eigenvalue weighted by Crippen LogP contribution is 2.57. The van der Waals surface area contributed by atoms with Crippen LogP contribution in [0, 0.1) is 10.8 Å². The summed E-state index contributed by atoms with van der Waals surface area (Å²) >= 11 is 0. The van der Waals surface area contributed by atoms with Crippen molar-refractivity contribution in [2.75, 3.05) is 71.4 Å². The van der Waals surface area contributed by atoms with Crippen LogP contribution in [0.3, 0.4) is 0 Å². The number of nitrogen functional groups attached to an aromatic ring is 1. The molecule has 0 unspecified atom stereocenters. The van der Waals surface area contributed by atoms with Crippen molar-refractivity contribution in [3.05, 3.63) is 48.0 Å². The predicted octanol–water partition coefficient (Wildman–Crippen LogP) is 9.90. The fourth-order valence-corrected chi connectivity index (χ4v) is 10.5. The number of ether oxygens (including phenoxy) is 5. The third-order valence-electron chi connectivity index (χ3n) is 15.0.